The van der Waals surface area contributed by atoms with Crippen LogP contribution in [0.25, 0.3) is 0 Å². The molecule has 0 atom stereocenters. The van der Waals surface area contributed by atoms with E-state index in [-0.39, 0.29) is 5.82 Å². The first kappa shape index (κ1) is 15.1. The normalized spacial score (nSPS) is 23.4. The summed E-state index contributed by atoms with van der Waals surface area (Å²) in [7, 11) is 1.50. The fraction of sp³-hybridized carbons (Fsp3) is 0.571. The Morgan fingerprint density at radius 1 is 1.32 bits per heavy atom. The van der Waals surface area contributed by atoms with E-state index < -0.39 is 0 Å². The predicted octanol–water partition coefficient (Wildman–Crippen LogP) is 4.77. The number of halogens is 2. The van der Waals surface area contributed by atoms with E-state index in [0.717, 1.165) is 15.3 Å². The molecule has 0 bridgehead atoms. The Balaban J connectivity index is 1.99. The average molecular weight is 348 g/mol. The maximum Gasteiger partial charge on any atom is 0.169 e. The zero-order valence-electron chi connectivity index (χ0n) is 11.2. The molecule has 0 aromatic heterocycles. The maximum atomic E-state index is 13.7. The molecule has 0 unspecified atom stereocenters. The number of ether oxygens (including phenoxy) is 1. The van der Waals surface area contributed by atoms with Gasteiger partial charge in [-0.15, -0.1) is 0 Å². The van der Waals surface area contributed by atoms with Gasteiger partial charge in [-0.05, 0) is 55.7 Å². The van der Waals surface area contributed by atoms with Crippen LogP contribution in [0.5, 0.6) is 5.75 Å². The summed E-state index contributed by atoms with van der Waals surface area (Å²) in [6.45, 7) is 2.30. The molecule has 1 fully saturated rings. The van der Waals surface area contributed by atoms with E-state index in [1.165, 1.54) is 50.8 Å². The fourth-order valence-corrected chi connectivity index (χ4v) is 3.91. The van der Waals surface area contributed by atoms with Gasteiger partial charge in [-0.1, -0.05) is 22.9 Å². The molecule has 2 rings (SSSR count). The number of methoxy groups -OCH3 is 1. The van der Waals surface area contributed by atoms with Gasteiger partial charge in [0.25, 0.3) is 0 Å². The Hall–Kier alpha value is -0.260. The van der Waals surface area contributed by atoms with Crippen molar-refractivity contribution >= 4 is 27.9 Å². The fourth-order valence-electron chi connectivity index (χ4n) is 2.34. The molecule has 1 N–H and O–H groups in total. The van der Waals surface area contributed by atoms with E-state index in [2.05, 4.69) is 27.6 Å². The molecule has 1 aliphatic carbocycles. The van der Waals surface area contributed by atoms with Gasteiger partial charge in [-0.3, -0.25) is 4.72 Å². The molecule has 1 saturated carbocycles. The van der Waals surface area contributed by atoms with Crippen LogP contribution in [0.1, 0.15) is 32.6 Å². The summed E-state index contributed by atoms with van der Waals surface area (Å²) >= 11 is 4.78. The Morgan fingerprint density at radius 3 is 2.63 bits per heavy atom. The molecule has 19 heavy (non-hydrogen) atoms. The summed E-state index contributed by atoms with van der Waals surface area (Å²) in [5.41, 5.74) is 0. The molecule has 1 aromatic rings. The van der Waals surface area contributed by atoms with Crippen molar-refractivity contribution in [3.63, 3.8) is 0 Å². The Kier molecular flexibility index (Phi) is 5.54. The van der Waals surface area contributed by atoms with E-state index in [0.29, 0.717) is 11.8 Å². The van der Waals surface area contributed by atoms with Crippen LogP contribution in [0.15, 0.2) is 21.5 Å². The Labute approximate surface area is 126 Å². The molecule has 1 aliphatic rings. The minimum absolute atomic E-state index is 0.310. The van der Waals surface area contributed by atoms with Crippen molar-refractivity contribution in [1.82, 2.24) is 4.72 Å². The standard InChI is InChI=1S/C14H19BrFNOS/c1-9-3-5-11(6-4-9)17-19-13-8-10(15)7-12(16)14(13)18-2/h7-9,11,17H,3-6H2,1-2H3/t9-,11+. The highest BCUT2D eigenvalue weighted by atomic mass is 79.9. The summed E-state index contributed by atoms with van der Waals surface area (Å²) < 4.78 is 23.0. The molecular weight excluding hydrogens is 329 g/mol. The number of nitrogens with one attached hydrogen (secondary N) is 1. The molecule has 0 radical (unpaired) electrons. The molecule has 1 aromatic carbocycles. The average Bonchev–Trinajstić information content (AvgIpc) is 2.37. The molecule has 0 aliphatic heterocycles. The van der Waals surface area contributed by atoms with Gasteiger partial charge in [0.1, 0.15) is 0 Å². The third-order valence-electron chi connectivity index (χ3n) is 3.53. The van der Waals surface area contributed by atoms with Gasteiger partial charge < -0.3 is 4.74 Å². The van der Waals surface area contributed by atoms with Crippen molar-refractivity contribution in [3.05, 3.63) is 22.4 Å². The molecular formula is C14H19BrFNOS. The van der Waals surface area contributed by atoms with Crippen molar-refractivity contribution < 1.29 is 9.13 Å². The third kappa shape index (κ3) is 4.10. The van der Waals surface area contributed by atoms with Crippen molar-refractivity contribution in [2.24, 2.45) is 5.92 Å². The lowest BCUT2D eigenvalue weighted by molar-refractivity contribution is 0.336. The van der Waals surface area contributed by atoms with Crippen LogP contribution in [0.3, 0.4) is 0 Å². The summed E-state index contributed by atoms with van der Waals surface area (Å²) in [6, 6.07) is 3.81. The lowest BCUT2D eigenvalue weighted by Gasteiger charge is -2.26. The van der Waals surface area contributed by atoms with Crippen LogP contribution in [-0.4, -0.2) is 13.2 Å². The first-order valence-corrected chi connectivity index (χ1v) is 8.16. The summed E-state index contributed by atoms with van der Waals surface area (Å²) in [6.07, 6.45) is 4.91. The first-order valence-electron chi connectivity index (χ1n) is 6.55. The lowest BCUT2D eigenvalue weighted by atomic mass is 9.88. The molecule has 0 heterocycles. The van der Waals surface area contributed by atoms with E-state index in [1.54, 1.807) is 0 Å². The second kappa shape index (κ2) is 6.95. The van der Waals surface area contributed by atoms with Crippen LogP contribution in [0, 0.1) is 11.7 Å². The number of benzene rings is 1. The summed E-state index contributed by atoms with van der Waals surface area (Å²) in [4.78, 5) is 0.785. The topological polar surface area (TPSA) is 21.3 Å². The molecule has 2 nitrogen and oxygen atoms in total. The highest BCUT2D eigenvalue weighted by Gasteiger charge is 2.19. The quantitative estimate of drug-likeness (QED) is 0.792. The second-order valence-electron chi connectivity index (χ2n) is 5.10. The highest BCUT2D eigenvalue weighted by molar-refractivity contribution is 9.10. The number of rotatable bonds is 4. The van der Waals surface area contributed by atoms with Crippen molar-refractivity contribution in [3.8, 4) is 5.75 Å². The summed E-state index contributed by atoms with van der Waals surface area (Å²) in [5, 5.41) is 0. The molecule has 5 heteroatoms. The Bertz CT molecular complexity index is 436. The van der Waals surface area contributed by atoms with Crippen LogP contribution in [0.2, 0.25) is 0 Å². The highest BCUT2D eigenvalue weighted by Crippen LogP contribution is 2.34. The zero-order chi connectivity index (χ0) is 13.8. The van der Waals surface area contributed by atoms with Gasteiger partial charge in [0, 0.05) is 10.5 Å². The number of hydrogen-bond donors (Lipinski definition) is 1. The van der Waals surface area contributed by atoms with E-state index in [4.69, 9.17) is 4.74 Å². The largest absolute Gasteiger partial charge is 0.492 e. The van der Waals surface area contributed by atoms with E-state index in [9.17, 15) is 4.39 Å². The maximum absolute atomic E-state index is 13.7. The van der Waals surface area contributed by atoms with Gasteiger partial charge >= 0.3 is 0 Å². The van der Waals surface area contributed by atoms with Crippen LogP contribution < -0.4 is 9.46 Å². The second-order valence-corrected chi connectivity index (χ2v) is 6.89. The van der Waals surface area contributed by atoms with Crippen LogP contribution >= 0.6 is 27.9 Å². The van der Waals surface area contributed by atoms with Gasteiger partial charge in [-0.25, -0.2) is 4.39 Å². The van der Waals surface area contributed by atoms with Crippen LogP contribution in [0.4, 0.5) is 4.39 Å². The summed E-state index contributed by atoms with van der Waals surface area (Å²) in [5.74, 6) is 0.809. The number of hydrogen-bond acceptors (Lipinski definition) is 3. The molecule has 0 spiro atoms. The van der Waals surface area contributed by atoms with Gasteiger partial charge in [0.2, 0.25) is 0 Å². The molecule has 0 amide bonds. The van der Waals surface area contributed by atoms with E-state index in [1.807, 2.05) is 6.07 Å². The Morgan fingerprint density at radius 2 is 2.00 bits per heavy atom. The van der Waals surface area contributed by atoms with Gasteiger partial charge in [0.15, 0.2) is 11.6 Å². The van der Waals surface area contributed by atoms with E-state index >= 15 is 0 Å². The van der Waals surface area contributed by atoms with Gasteiger partial charge in [-0.2, -0.15) is 0 Å². The van der Waals surface area contributed by atoms with Crippen molar-refractivity contribution in [1.29, 1.82) is 0 Å². The smallest absolute Gasteiger partial charge is 0.169 e. The minimum atomic E-state index is -0.335. The zero-order valence-corrected chi connectivity index (χ0v) is 13.6. The molecule has 0 saturated heterocycles. The van der Waals surface area contributed by atoms with Crippen LogP contribution in [-0.2, 0) is 0 Å². The SMILES string of the molecule is COc1c(F)cc(Br)cc1SN[C@H]1CC[C@@H](C)CC1. The van der Waals surface area contributed by atoms with Crippen molar-refractivity contribution in [2.75, 3.05) is 7.11 Å². The lowest BCUT2D eigenvalue weighted by Crippen LogP contribution is -2.27. The monoisotopic (exact) mass is 347 g/mol. The third-order valence-corrected chi connectivity index (χ3v) is 4.96. The van der Waals surface area contributed by atoms with Crippen molar-refractivity contribution in [2.45, 2.75) is 43.5 Å². The van der Waals surface area contributed by atoms with Gasteiger partial charge in [0.05, 0.1) is 12.0 Å². The predicted molar refractivity (Wildman–Crippen MR) is 81.1 cm³/mol. The first-order chi connectivity index (χ1) is 9.10. The minimum Gasteiger partial charge on any atom is -0.492 e. The molecule has 106 valence electrons.